The van der Waals surface area contributed by atoms with Crippen LogP contribution < -0.4 is 39.5 Å². The minimum absolute atomic E-state index is 0. The number of esters is 3. The number of carboxylic acid groups (broad SMARTS) is 3. The predicted molar refractivity (Wildman–Crippen MR) is 450 cm³/mol. The van der Waals surface area contributed by atoms with Gasteiger partial charge < -0.3 is 82.8 Å². The van der Waals surface area contributed by atoms with Crippen molar-refractivity contribution in [2.24, 2.45) is 26.4 Å². The molecule has 0 aliphatic heterocycles. The first-order chi connectivity index (χ1) is 54.7. The minimum atomic E-state index is -3.27. The zero-order valence-corrected chi connectivity index (χ0v) is 72.4. The Morgan fingerprint density at radius 1 is 0.513 bits per heavy atom. The maximum atomic E-state index is 11.7. The Balaban J connectivity index is 0. The first-order valence-corrected chi connectivity index (χ1v) is 39.9. The van der Waals surface area contributed by atoms with Crippen molar-refractivity contribution in [3.8, 4) is 34.5 Å². The molecule has 4 fully saturated rings. The minimum Gasteiger partial charge on any atom is -0.494 e. The van der Waals surface area contributed by atoms with Crippen LogP contribution >= 0.6 is 20.0 Å². The Hall–Kier alpha value is -9.85. The number of nitrogens with one attached hydrogen (secondary N) is 1. The third-order valence-corrected chi connectivity index (χ3v) is 17.8. The monoisotopic (exact) mass is 1770 g/mol. The molecule has 117 heavy (non-hydrogen) atoms. The molecule has 4 aliphatic rings. The van der Waals surface area contributed by atoms with Crippen LogP contribution in [0.4, 0.5) is 4.79 Å². The van der Waals surface area contributed by atoms with Gasteiger partial charge in [-0.1, -0.05) is 68.1 Å². The smallest absolute Gasteiger partial charge is 0.407 e. The van der Waals surface area contributed by atoms with Gasteiger partial charge in [0, 0.05) is 49.4 Å². The van der Waals surface area contributed by atoms with E-state index in [-0.39, 0.29) is 81.0 Å². The van der Waals surface area contributed by atoms with E-state index >= 15 is 0 Å². The molecule has 6 aromatic rings. The summed E-state index contributed by atoms with van der Waals surface area (Å²) in [5.74, 6) is 3.18. The molecule has 0 spiro atoms. The van der Waals surface area contributed by atoms with E-state index in [1.54, 1.807) is 44.2 Å². The number of hydrogen-bond donors (Lipinski definition) is 5. The fraction of sp³-hybridized carbons (Fsp3) is 0.453. The molecule has 1 amide bonds. The molecular formula is C86H122ClN4O24PPd. The zero-order chi connectivity index (χ0) is 86.5. The van der Waals surface area contributed by atoms with Crippen LogP contribution in [-0.4, -0.2) is 168 Å². The van der Waals surface area contributed by atoms with E-state index in [1.165, 1.54) is 44.1 Å². The van der Waals surface area contributed by atoms with Crippen LogP contribution in [0.2, 0.25) is 0 Å². The molecule has 6 N–H and O–H groups in total. The number of methoxy groups -OCH3 is 3. The number of carboxylic acids is 3. The number of alkyl carbamates (subject to hydrolysis) is 1. The number of hydrogen-bond acceptors (Lipinski definition) is 24. The fourth-order valence-electron chi connectivity index (χ4n) is 10.1. The largest absolute Gasteiger partial charge is 0.494 e. The molecule has 8 unspecified atom stereocenters. The molecule has 652 valence electrons. The molecule has 4 aliphatic carbocycles. The maximum Gasteiger partial charge on any atom is 0.407 e. The summed E-state index contributed by atoms with van der Waals surface area (Å²) < 4.78 is 75.3. The SMILES string of the molecule is C.C=N[N]=[Pd].CC(=O)O.CC(=O)O.CCOP(=O)(CC(=O)OC)OCC.CCOc1ccc(/C=C/C(=O)OC)cc1.CCOc1ccc(C2CC2C(=O)O)cc1.CCOc1ccc(C2CC2C(=O)OC)cc1.CCOc1ccc(C2CC2N)cc1.CCOc1ccc(C2CC2NC(=O)OC(C)(C)C)cc1.CCOc1ccc(C=O)cc1.Cl. The number of nitrogens with two attached hydrogens (primary N) is 1. The van der Waals surface area contributed by atoms with Crippen molar-refractivity contribution < 1.29 is 134 Å². The Morgan fingerprint density at radius 3 is 1.10 bits per heavy atom. The van der Waals surface area contributed by atoms with Crippen molar-refractivity contribution >= 4 is 81.0 Å². The van der Waals surface area contributed by atoms with E-state index < -0.39 is 37.1 Å². The Bertz CT molecular complexity index is 3870. The second-order valence-electron chi connectivity index (χ2n) is 25.8. The molecule has 28 nitrogen and oxygen atoms in total. The van der Waals surface area contributed by atoms with E-state index in [0.717, 1.165) is 98.0 Å². The number of carbonyl (C=O) groups is 8. The molecule has 0 bridgehead atoms. The van der Waals surface area contributed by atoms with E-state index in [1.807, 2.05) is 159 Å². The van der Waals surface area contributed by atoms with Crippen LogP contribution in [0.15, 0.2) is 160 Å². The van der Waals surface area contributed by atoms with Crippen LogP contribution in [0.3, 0.4) is 0 Å². The first-order valence-electron chi connectivity index (χ1n) is 37.5. The van der Waals surface area contributed by atoms with Gasteiger partial charge in [-0.2, -0.15) is 0 Å². The number of amides is 1. The van der Waals surface area contributed by atoms with Crippen LogP contribution in [0.25, 0.3) is 6.08 Å². The summed E-state index contributed by atoms with van der Waals surface area (Å²) in [6, 6.07) is 47.1. The standard InChI is InChI=1S/C16H23NO3.C13H16O3.2C12H14O3.C11H15NO.C9H10O2.C7H15O5P.2C2H4O2.CH2N2.CH4.ClH.Pd/c1-5-19-12-8-6-11(7-9-12)13-10-14(13)17-15(18)20-16(2,3)4;1-3-16-10-6-4-9(5-7-10)11-8-12(11)13(14)15-2;1-2-15-9-5-3-8(4-6-9)10-7-11(10)12(13)14;1-3-15-11-7-4-10(5-8-11)6-9-12(13)14-2;1-2-13-9-5-3-8(4-6-9)10-7-11(10)12;1-2-11-9-5-3-8(7-10)4-6-9;1-4-11-13(9,12-5-2)6-7(8)10-3;2*1-2(3)4;1-3-2;;;/h6-9,13-14H,5,10H2,1-4H3,(H,17,18);4-7,11-12H,3,8H2,1-2H3;3-6,10-11H,2,7H2,1H3,(H,13,14);4-9H,3H2,1-2H3;3-6,10-11H,2,7,12H2,1H3;3-7H,2H2,1H3;4-6H2,1-3H3;2*1H3,(H,3,4);1H2;1H4;1H;/b;;;9-6+;;;;;;;;;. The second-order valence-corrected chi connectivity index (χ2v) is 28.1. The summed E-state index contributed by atoms with van der Waals surface area (Å²) in [5, 5.41) is 29.6. The number of carbonyl (C=O) groups excluding carboxylic acids is 5. The predicted octanol–water partition coefficient (Wildman–Crippen LogP) is 17.2. The Morgan fingerprint density at radius 2 is 0.829 bits per heavy atom. The molecule has 10 rings (SSSR count). The molecule has 0 saturated heterocycles. The number of benzene rings is 6. The van der Waals surface area contributed by atoms with E-state index in [9.17, 15) is 33.3 Å². The van der Waals surface area contributed by atoms with E-state index in [0.29, 0.717) is 62.4 Å². The van der Waals surface area contributed by atoms with Crippen molar-refractivity contribution in [2.75, 3.05) is 80.3 Å². The number of ether oxygens (including phenoxy) is 10. The van der Waals surface area contributed by atoms with Gasteiger partial charge in [-0.15, -0.1) is 12.4 Å². The second kappa shape index (κ2) is 61.5. The summed E-state index contributed by atoms with van der Waals surface area (Å²) in [6.07, 6.45) is 7.00. The number of halogens is 1. The average Bonchev–Trinajstić information content (AvgIpc) is 1.70. The van der Waals surface area contributed by atoms with Gasteiger partial charge in [0.1, 0.15) is 52.5 Å². The van der Waals surface area contributed by atoms with Crippen molar-refractivity contribution in [1.82, 2.24) is 5.32 Å². The zero-order valence-electron chi connectivity index (χ0n) is 69.2. The molecule has 0 radical (unpaired) electrons. The van der Waals surface area contributed by atoms with Gasteiger partial charge >= 0.3 is 72.1 Å². The van der Waals surface area contributed by atoms with Crippen LogP contribution in [0.5, 0.6) is 34.5 Å². The van der Waals surface area contributed by atoms with Crippen molar-refractivity contribution in [2.45, 2.75) is 164 Å². The van der Waals surface area contributed by atoms with Gasteiger partial charge in [-0.05, 0) is 233 Å². The van der Waals surface area contributed by atoms with E-state index in [2.05, 4.69) is 73.6 Å². The van der Waals surface area contributed by atoms with Crippen LogP contribution in [0, 0.1) is 11.8 Å². The van der Waals surface area contributed by atoms with Crippen molar-refractivity contribution in [3.63, 3.8) is 0 Å². The van der Waals surface area contributed by atoms with Crippen molar-refractivity contribution in [3.05, 3.63) is 185 Å². The first kappa shape index (κ1) is 109. The molecule has 31 heteroatoms. The fourth-order valence-corrected chi connectivity index (χ4v) is 11.6. The summed E-state index contributed by atoms with van der Waals surface area (Å²) in [5.41, 5.74) is 11.8. The van der Waals surface area contributed by atoms with Crippen LogP contribution in [-0.2, 0) is 80.3 Å². The molecule has 4 saturated carbocycles. The normalized spacial score (nSPS) is 16.6. The molecule has 8 atom stereocenters. The number of nitrogens with zero attached hydrogens (tertiary/aromatic N) is 2. The van der Waals surface area contributed by atoms with Gasteiger partial charge in [-0.25, -0.2) is 9.59 Å². The third kappa shape index (κ3) is 49.7. The number of aliphatic carboxylic acids is 3. The molecular weight excluding hydrogens is 1650 g/mol. The molecule has 6 aromatic carbocycles. The summed E-state index contributed by atoms with van der Waals surface area (Å²) in [4.78, 5) is 83.5. The van der Waals surface area contributed by atoms with Gasteiger partial charge in [-0.3, -0.25) is 33.3 Å². The van der Waals surface area contributed by atoms with Gasteiger partial charge in [0.25, 0.3) is 11.9 Å². The van der Waals surface area contributed by atoms with E-state index in [4.69, 9.17) is 77.6 Å². The molecule has 0 aromatic heterocycles. The topological polar surface area (TPSA) is 388 Å². The Labute approximate surface area is 706 Å². The third-order valence-electron chi connectivity index (χ3n) is 15.6. The average molecular weight is 1770 g/mol. The van der Waals surface area contributed by atoms with Crippen LogP contribution in [0.1, 0.15) is 185 Å². The maximum absolute atomic E-state index is 11.7. The summed E-state index contributed by atoms with van der Waals surface area (Å²) >= 11 is 2.43. The van der Waals surface area contributed by atoms with Gasteiger partial charge in [0.15, 0.2) is 0 Å². The summed E-state index contributed by atoms with van der Waals surface area (Å²) in [6.45, 7) is 30.4. The Kier molecular flexibility index (Phi) is 57.4. The van der Waals surface area contributed by atoms with Gasteiger partial charge in [0.05, 0.1) is 86.0 Å². The number of rotatable bonds is 29. The summed E-state index contributed by atoms with van der Waals surface area (Å²) in [7, 11) is 0.753. The molecule has 0 heterocycles. The quantitative estimate of drug-likeness (QED) is 0.00425. The van der Waals surface area contributed by atoms with Gasteiger partial charge in [0.2, 0.25) is 0 Å². The number of aldehydes is 1. The van der Waals surface area contributed by atoms with Crippen molar-refractivity contribution in [1.29, 1.82) is 0 Å².